The minimum absolute atomic E-state index is 0.308. The van der Waals surface area contributed by atoms with Crippen molar-refractivity contribution >= 4 is 39.5 Å². The van der Waals surface area contributed by atoms with E-state index in [1.54, 1.807) is 18.2 Å². The number of likely N-dealkylation sites (N-methyl/N-ethyl adjacent to an activating group) is 1. The van der Waals surface area contributed by atoms with E-state index < -0.39 is 12.8 Å². The summed E-state index contributed by atoms with van der Waals surface area (Å²) in [6, 6.07) is 7.41. The van der Waals surface area contributed by atoms with E-state index in [2.05, 4.69) is 21.3 Å². The molecule has 29 heavy (non-hydrogen) atoms. The highest BCUT2D eigenvalue weighted by molar-refractivity contribution is 7.20. The van der Waals surface area contributed by atoms with Crippen molar-refractivity contribution in [3.63, 3.8) is 0 Å². The largest absolute Gasteiger partial charge is 0.377 e. The van der Waals surface area contributed by atoms with Crippen molar-refractivity contribution in [3.8, 4) is 27.9 Å². The van der Waals surface area contributed by atoms with E-state index in [1.807, 2.05) is 11.8 Å². The summed E-state index contributed by atoms with van der Waals surface area (Å²) in [5.74, 6) is 0.517. The van der Waals surface area contributed by atoms with Gasteiger partial charge in [0.15, 0.2) is 5.82 Å². The minimum atomic E-state index is -0.620. The van der Waals surface area contributed by atoms with E-state index in [0.717, 1.165) is 0 Å². The number of H-pyrrole nitrogens is 1. The Balaban J connectivity index is 2.23. The van der Waals surface area contributed by atoms with Gasteiger partial charge in [-0.15, -0.1) is 21.5 Å². The van der Waals surface area contributed by atoms with Crippen LogP contribution in [0.1, 0.15) is 12.5 Å². The molecule has 3 rings (SSSR count). The molecule has 0 saturated carbocycles. The number of alkyl halides is 1. The molecule has 1 aromatic carbocycles. The van der Waals surface area contributed by atoms with Crippen molar-refractivity contribution in [1.29, 1.82) is 5.26 Å². The van der Waals surface area contributed by atoms with Crippen molar-refractivity contribution in [3.05, 3.63) is 40.1 Å². The molecule has 0 aliphatic rings. The van der Waals surface area contributed by atoms with Gasteiger partial charge in [0.05, 0.1) is 10.4 Å². The van der Waals surface area contributed by atoms with Crippen molar-refractivity contribution < 1.29 is 9.13 Å². The zero-order chi connectivity index (χ0) is 21.0. The molecule has 2 aromatic heterocycles. The second kappa shape index (κ2) is 9.55. The Morgan fingerprint density at radius 2 is 2.21 bits per heavy atom. The summed E-state index contributed by atoms with van der Waals surface area (Å²) >= 11 is 13.9. The van der Waals surface area contributed by atoms with Gasteiger partial charge in [-0.25, -0.2) is 4.39 Å². The second-order valence-corrected chi connectivity index (χ2v) is 7.95. The molecule has 3 aromatic rings. The van der Waals surface area contributed by atoms with Gasteiger partial charge in [0.25, 0.3) is 0 Å². The molecule has 1 unspecified atom stereocenters. The number of hydrogen-bond donors (Lipinski definition) is 1. The molecular weight excluding hydrogens is 436 g/mol. The number of nitrogens with zero attached hydrogens (tertiary/aromatic N) is 4. The summed E-state index contributed by atoms with van der Waals surface area (Å²) in [4.78, 5) is 5.62. The summed E-state index contributed by atoms with van der Waals surface area (Å²) in [5.41, 5.74) is 1.73. The Morgan fingerprint density at radius 3 is 2.76 bits per heavy atom. The molecule has 6 nitrogen and oxygen atoms in total. The molecule has 0 fully saturated rings. The number of methoxy groups -OCH3 is 1. The molecule has 0 bridgehead atoms. The Labute approximate surface area is 181 Å². The van der Waals surface area contributed by atoms with Gasteiger partial charge >= 0.3 is 0 Å². The first-order valence-electron chi connectivity index (χ1n) is 8.76. The SMILES string of the molecule is CCN(CC(CF)OC)c1sc(-c2nnc[nH]2)c(-c2ccc(Cl)cc2Cl)c1C#N. The summed E-state index contributed by atoms with van der Waals surface area (Å²) in [6.45, 7) is 2.20. The molecule has 0 saturated heterocycles. The molecular formula is C19H18Cl2FN5OS. The third kappa shape index (κ3) is 4.38. The fourth-order valence-corrected chi connectivity index (χ4v) is 4.76. The fourth-order valence-electron chi connectivity index (χ4n) is 2.97. The molecule has 152 valence electrons. The highest BCUT2D eigenvalue weighted by Crippen LogP contribution is 2.48. The molecule has 1 N–H and O–H groups in total. The van der Waals surface area contributed by atoms with E-state index in [0.29, 0.717) is 55.5 Å². The molecule has 0 aliphatic heterocycles. The zero-order valence-corrected chi connectivity index (χ0v) is 18.1. The number of halogens is 3. The van der Waals surface area contributed by atoms with E-state index in [4.69, 9.17) is 27.9 Å². The first-order valence-corrected chi connectivity index (χ1v) is 10.3. The first kappa shape index (κ1) is 21.5. The number of hydrogen-bond acceptors (Lipinski definition) is 6. The highest BCUT2D eigenvalue weighted by Gasteiger charge is 2.27. The predicted octanol–water partition coefficient (Wildman–Crippen LogP) is 5.19. The van der Waals surface area contributed by atoms with Crippen LogP contribution in [0.5, 0.6) is 0 Å². The molecule has 10 heteroatoms. The van der Waals surface area contributed by atoms with E-state index >= 15 is 0 Å². The van der Waals surface area contributed by atoms with Crippen LogP contribution in [-0.2, 0) is 4.74 Å². The topological polar surface area (TPSA) is 77.8 Å². The Morgan fingerprint density at radius 1 is 1.41 bits per heavy atom. The third-order valence-corrected chi connectivity index (χ3v) is 6.24. The lowest BCUT2D eigenvalue weighted by atomic mass is 10.0. The standard InChI is InChI=1S/C19H18Cl2FN5OS/c1-3-27(9-12(7-22)28-2)19-14(8-23)16(13-5-4-11(20)6-15(13)21)17(29-19)18-24-10-25-26-18/h4-6,10,12H,3,7,9H2,1-2H3,(H,24,25,26). The van der Waals surface area contributed by atoms with Crippen LogP contribution in [0, 0.1) is 11.3 Å². The van der Waals surface area contributed by atoms with Gasteiger partial charge in [0, 0.05) is 41.4 Å². The average molecular weight is 454 g/mol. The average Bonchev–Trinajstić information content (AvgIpc) is 3.37. The van der Waals surface area contributed by atoms with Crippen molar-refractivity contribution in [2.45, 2.75) is 13.0 Å². The van der Waals surface area contributed by atoms with Crippen LogP contribution in [0.25, 0.3) is 21.8 Å². The number of rotatable bonds is 8. The summed E-state index contributed by atoms with van der Waals surface area (Å²) in [6.07, 6.45) is 0.871. The number of nitrogens with one attached hydrogen (secondary N) is 1. The lowest BCUT2D eigenvalue weighted by Crippen LogP contribution is -2.34. The van der Waals surface area contributed by atoms with E-state index in [9.17, 15) is 9.65 Å². The maximum absolute atomic E-state index is 13.2. The number of thiophene rings is 1. The third-order valence-electron chi connectivity index (χ3n) is 4.43. The van der Waals surface area contributed by atoms with Gasteiger partial charge in [-0.1, -0.05) is 29.3 Å². The second-order valence-electron chi connectivity index (χ2n) is 6.11. The predicted molar refractivity (Wildman–Crippen MR) is 115 cm³/mol. The van der Waals surface area contributed by atoms with Crippen LogP contribution in [0.15, 0.2) is 24.5 Å². The van der Waals surface area contributed by atoms with Gasteiger partial charge in [0.1, 0.15) is 30.2 Å². The number of aromatic amines is 1. The quantitative estimate of drug-likeness (QED) is 0.507. The Hall–Kier alpha value is -2.18. The normalized spacial score (nSPS) is 12.0. The summed E-state index contributed by atoms with van der Waals surface area (Å²) < 4.78 is 18.4. The number of nitriles is 1. The highest BCUT2D eigenvalue weighted by atomic mass is 35.5. The number of benzene rings is 1. The number of ether oxygens (including phenoxy) is 1. The van der Waals surface area contributed by atoms with Crippen LogP contribution < -0.4 is 4.90 Å². The van der Waals surface area contributed by atoms with Gasteiger partial charge in [-0.2, -0.15) is 5.26 Å². The van der Waals surface area contributed by atoms with Crippen LogP contribution in [-0.4, -0.2) is 48.2 Å². The molecule has 0 radical (unpaired) electrons. The van der Waals surface area contributed by atoms with Gasteiger partial charge in [-0.3, -0.25) is 0 Å². The van der Waals surface area contributed by atoms with Gasteiger partial charge in [0.2, 0.25) is 0 Å². The van der Waals surface area contributed by atoms with Crippen molar-refractivity contribution in [2.75, 3.05) is 31.8 Å². The monoisotopic (exact) mass is 453 g/mol. The summed E-state index contributed by atoms with van der Waals surface area (Å²) in [7, 11) is 1.47. The Bertz CT molecular complexity index is 1010. The smallest absolute Gasteiger partial charge is 0.171 e. The van der Waals surface area contributed by atoms with Crippen LogP contribution >= 0.6 is 34.5 Å². The Kier molecular flexibility index (Phi) is 7.09. The number of aromatic nitrogens is 3. The van der Waals surface area contributed by atoms with E-state index in [1.165, 1.54) is 24.8 Å². The van der Waals surface area contributed by atoms with Crippen LogP contribution in [0.4, 0.5) is 9.39 Å². The lowest BCUT2D eigenvalue weighted by molar-refractivity contribution is 0.0846. The maximum Gasteiger partial charge on any atom is 0.171 e. The zero-order valence-electron chi connectivity index (χ0n) is 15.7. The minimum Gasteiger partial charge on any atom is -0.377 e. The maximum atomic E-state index is 13.2. The van der Waals surface area contributed by atoms with Gasteiger partial charge in [-0.05, 0) is 19.1 Å². The van der Waals surface area contributed by atoms with Crippen molar-refractivity contribution in [2.24, 2.45) is 0 Å². The fraction of sp³-hybridized carbons (Fsp3) is 0.316. The molecule has 2 heterocycles. The number of anilines is 1. The molecule has 0 aliphatic carbocycles. The molecule has 0 amide bonds. The van der Waals surface area contributed by atoms with E-state index in [-0.39, 0.29) is 0 Å². The first-order chi connectivity index (χ1) is 14.0. The molecule has 0 spiro atoms. The van der Waals surface area contributed by atoms with Crippen LogP contribution in [0.2, 0.25) is 10.0 Å². The lowest BCUT2D eigenvalue weighted by Gasteiger charge is -2.25. The van der Waals surface area contributed by atoms with Crippen LogP contribution in [0.3, 0.4) is 0 Å². The van der Waals surface area contributed by atoms with Crippen molar-refractivity contribution in [1.82, 2.24) is 15.2 Å². The molecule has 1 atom stereocenters. The summed E-state index contributed by atoms with van der Waals surface area (Å²) in [5, 5.41) is 19.6. The van der Waals surface area contributed by atoms with Gasteiger partial charge < -0.3 is 14.6 Å².